The topological polar surface area (TPSA) is 66.1 Å². The molecule has 182 valence electrons. The fraction of sp³-hybridized carbons (Fsp3) is 0.214. The molecule has 0 radical (unpaired) electrons. The zero-order chi connectivity index (χ0) is 24.3. The van der Waals surface area contributed by atoms with Crippen LogP contribution >= 0.6 is 11.8 Å². The molecular weight excluding hydrogens is 470 g/mol. The molecule has 8 heteroatoms. The van der Waals surface area contributed by atoms with Gasteiger partial charge in [-0.15, -0.1) is 11.8 Å². The number of nitrogens with one attached hydrogen (secondary N) is 1. The van der Waals surface area contributed by atoms with E-state index in [1.165, 1.54) is 5.56 Å². The molecule has 1 unspecified atom stereocenters. The lowest BCUT2D eigenvalue weighted by atomic mass is 10.1. The lowest BCUT2D eigenvalue weighted by Crippen LogP contribution is -2.14. The quantitative estimate of drug-likeness (QED) is 0.312. The molecule has 0 amide bonds. The average molecular weight is 498 g/mol. The van der Waals surface area contributed by atoms with Gasteiger partial charge in [0.05, 0.1) is 17.4 Å². The van der Waals surface area contributed by atoms with Gasteiger partial charge in [0, 0.05) is 48.9 Å². The highest BCUT2D eigenvalue weighted by Crippen LogP contribution is 2.27. The Labute approximate surface area is 214 Å². The van der Waals surface area contributed by atoms with Gasteiger partial charge in [0.15, 0.2) is 0 Å². The van der Waals surface area contributed by atoms with Crippen LogP contribution in [0.5, 0.6) is 17.2 Å². The summed E-state index contributed by atoms with van der Waals surface area (Å²) >= 11 is 1.99. The second kappa shape index (κ2) is 10.1. The maximum Gasteiger partial charge on any atom is 0.147 e. The molecule has 3 heterocycles. The minimum Gasteiger partial charge on any atom is -0.486 e. The third kappa shape index (κ3) is 4.96. The number of thioether (sulfide) groups is 1. The summed E-state index contributed by atoms with van der Waals surface area (Å²) in [4.78, 5) is 8.86. The van der Waals surface area contributed by atoms with E-state index in [1.54, 1.807) is 12.5 Å². The highest BCUT2D eigenvalue weighted by atomic mass is 32.2. The van der Waals surface area contributed by atoms with Crippen molar-refractivity contribution in [1.82, 2.24) is 24.4 Å². The number of benzene rings is 3. The number of nitrogens with zero attached hydrogens (tertiary/aromatic N) is 4. The number of rotatable bonds is 8. The van der Waals surface area contributed by atoms with Crippen molar-refractivity contribution in [3.05, 3.63) is 96.8 Å². The van der Waals surface area contributed by atoms with Crippen LogP contribution in [0.2, 0.25) is 0 Å². The van der Waals surface area contributed by atoms with Gasteiger partial charge in [0.25, 0.3) is 0 Å². The van der Waals surface area contributed by atoms with Crippen molar-refractivity contribution < 1.29 is 9.47 Å². The highest BCUT2D eigenvalue weighted by molar-refractivity contribution is 8.00. The van der Waals surface area contributed by atoms with Crippen LogP contribution < -0.4 is 14.8 Å². The molecule has 7 nitrogen and oxygen atoms in total. The zero-order valence-corrected chi connectivity index (χ0v) is 20.8. The monoisotopic (exact) mass is 497 g/mol. The Bertz CT molecular complexity index is 1440. The first-order valence-corrected chi connectivity index (χ1v) is 13.0. The first-order valence-electron chi connectivity index (χ1n) is 12.0. The molecule has 2 aromatic heterocycles. The largest absolute Gasteiger partial charge is 0.486 e. The molecule has 36 heavy (non-hydrogen) atoms. The summed E-state index contributed by atoms with van der Waals surface area (Å²) in [6.07, 6.45) is 6.54. The highest BCUT2D eigenvalue weighted by Gasteiger charge is 2.15. The van der Waals surface area contributed by atoms with Crippen molar-refractivity contribution in [3.8, 4) is 22.9 Å². The summed E-state index contributed by atoms with van der Waals surface area (Å²) < 4.78 is 16.2. The van der Waals surface area contributed by atoms with Crippen LogP contribution in [0.15, 0.2) is 85.5 Å². The van der Waals surface area contributed by atoms with Crippen molar-refractivity contribution in [2.45, 2.75) is 18.3 Å². The van der Waals surface area contributed by atoms with Crippen LogP contribution in [0.25, 0.3) is 16.7 Å². The van der Waals surface area contributed by atoms with Gasteiger partial charge in [-0.05, 0) is 60.5 Å². The van der Waals surface area contributed by atoms with E-state index in [0.717, 1.165) is 58.6 Å². The number of fused-ring (bicyclic) bond motifs is 1. The van der Waals surface area contributed by atoms with E-state index in [1.807, 2.05) is 72.0 Å². The van der Waals surface area contributed by atoms with Gasteiger partial charge in [-0.2, -0.15) is 0 Å². The zero-order valence-electron chi connectivity index (χ0n) is 20.0. The van der Waals surface area contributed by atoms with E-state index >= 15 is 0 Å². The number of hydrogen-bond acceptors (Lipinski definition) is 6. The standard InChI is InChI=1S/C28H27N5O2S/c1-32-27-15-24(35-23-8-4-21(5-9-23)33-13-12-29-18-33)10-11-26(27)31-28(32)17-34-22-6-2-20(3-7-22)14-25-16-30-19-36-25/h2-13,15,18,25,30H,14,16-17,19H2,1H3. The summed E-state index contributed by atoms with van der Waals surface area (Å²) in [6, 6.07) is 22.3. The molecule has 1 N–H and O–H groups in total. The van der Waals surface area contributed by atoms with Crippen molar-refractivity contribution in [2.24, 2.45) is 7.05 Å². The van der Waals surface area contributed by atoms with Gasteiger partial charge >= 0.3 is 0 Å². The van der Waals surface area contributed by atoms with Crippen LogP contribution in [0, 0.1) is 0 Å². The Hall–Kier alpha value is -3.75. The van der Waals surface area contributed by atoms with Crippen LogP contribution in [-0.4, -0.2) is 36.8 Å². The predicted octanol–water partition coefficient (Wildman–Crippen LogP) is 5.34. The van der Waals surface area contributed by atoms with Crippen molar-refractivity contribution in [1.29, 1.82) is 0 Å². The number of aryl methyl sites for hydroxylation is 1. The Morgan fingerprint density at radius 1 is 1.00 bits per heavy atom. The predicted molar refractivity (Wildman–Crippen MR) is 143 cm³/mol. The van der Waals surface area contributed by atoms with Gasteiger partial charge in [0.1, 0.15) is 29.7 Å². The summed E-state index contributed by atoms with van der Waals surface area (Å²) in [6.45, 7) is 1.49. The summed E-state index contributed by atoms with van der Waals surface area (Å²) in [7, 11) is 2.01. The van der Waals surface area contributed by atoms with Gasteiger partial charge < -0.3 is 23.9 Å². The number of imidazole rings is 2. The average Bonchev–Trinajstić information content (AvgIpc) is 3.68. The van der Waals surface area contributed by atoms with Crippen LogP contribution in [0.1, 0.15) is 11.4 Å². The minimum absolute atomic E-state index is 0.402. The van der Waals surface area contributed by atoms with Crippen LogP contribution in [0.4, 0.5) is 0 Å². The van der Waals surface area contributed by atoms with Crippen molar-refractivity contribution in [3.63, 3.8) is 0 Å². The molecule has 1 aliphatic rings. The Balaban J connectivity index is 1.11. The molecule has 1 aliphatic heterocycles. The first-order chi connectivity index (χ1) is 17.7. The van der Waals surface area contributed by atoms with Crippen molar-refractivity contribution >= 4 is 22.8 Å². The fourth-order valence-corrected chi connectivity index (χ4v) is 5.38. The van der Waals surface area contributed by atoms with Crippen LogP contribution in [-0.2, 0) is 20.1 Å². The van der Waals surface area contributed by atoms with Gasteiger partial charge in [-0.25, -0.2) is 9.97 Å². The number of hydrogen-bond donors (Lipinski definition) is 1. The molecule has 0 spiro atoms. The molecule has 6 rings (SSSR count). The second-order valence-electron chi connectivity index (χ2n) is 8.83. The van der Waals surface area contributed by atoms with E-state index in [0.29, 0.717) is 11.9 Å². The van der Waals surface area contributed by atoms with E-state index < -0.39 is 0 Å². The van der Waals surface area contributed by atoms with Gasteiger partial charge in [0.2, 0.25) is 0 Å². The third-order valence-corrected chi connectivity index (χ3v) is 7.54. The molecule has 0 aliphatic carbocycles. The SMILES string of the molecule is Cn1c(COc2ccc(CC3CNCS3)cc2)nc2ccc(Oc3ccc(-n4ccnc4)cc3)cc21. The molecule has 0 saturated carbocycles. The Morgan fingerprint density at radius 3 is 2.56 bits per heavy atom. The van der Waals surface area contributed by atoms with E-state index in [2.05, 4.69) is 39.1 Å². The van der Waals surface area contributed by atoms with Gasteiger partial charge in [-0.3, -0.25) is 0 Å². The molecule has 5 aromatic rings. The lowest BCUT2D eigenvalue weighted by molar-refractivity contribution is 0.292. The molecular formula is C28H27N5O2S. The maximum atomic E-state index is 6.11. The molecule has 3 aromatic carbocycles. The Morgan fingerprint density at radius 2 is 1.81 bits per heavy atom. The van der Waals surface area contributed by atoms with E-state index in [4.69, 9.17) is 14.5 Å². The lowest BCUT2D eigenvalue weighted by Gasteiger charge is -2.10. The molecule has 1 atom stereocenters. The smallest absolute Gasteiger partial charge is 0.147 e. The van der Waals surface area contributed by atoms with Crippen molar-refractivity contribution in [2.75, 3.05) is 12.4 Å². The number of ether oxygens (including phenoxy) is 2. The van der Waals surface area contributed by atoms with Gasteiger partial charge in [-0.1, -0.05) is 12.1 Å². The van der Waals surface area contributed by atoms with E-state index in [-0.39, 0.29) is 0 Å². The first kappa shape index (κ1) is 22.7. The molecule has 1 fully saturated rings. The Kier molecular flexibility index (Phi) is 6.36. The minimum atomic E-state index is 0.402. The van der Waals surface area contributed by atoms with Crippen LogP contribution in [0.3, 0.4) is 0 Å². The van der Waals surface area contributed by atoms with E-state index in [9.17, 15) is 0 Å². The fourth-order valence-electron chi connectivity index (χ4n) is 4.37. The molecule has 0 bridgehead atoms. The number of aromatic nitrogens is 4. The summed E-state index contributed by atoms with van der Waals surface area (Å²) in [5, 5.41) is 4.06. The summed E-state index contributed by atoms with van der Waals surface area (Å²) in [5.41, 5.74) is 4.29. The second-order valence-corrected chi connectivity index (χ2v) is 10.1. The molecule has 1 saturated heterocycles. The summed E-state index contributed by atoms with van der Waals surface area (Å²) in [5.74, 6) is 4.31. The third-order valence-electron chi connectivity index (χ3n) is 6.37. The maximum absolute atomic E-state index is 6.11. The normalized spacial score (nSPS) is 15.4.